The highest BCUT2D eigenvalue weighted by Gasteiger charge is 2.67. The van der Waals surface area contributed by atoms with Crippen molar-refractivity contribution in [3.8, 4) is 5.75 Å². The largest absolute Gasteiger partial charge is 0.494 e. The van der Waals surface area contributed by atoms with Crippen LogP contribution in [0.25, 0.3) is 0 Å². The number of carbonyl (C=O) groups is 3. The van der Waals surface area contributed by atoms with Crippen LogP contribution in [0, 0.1) is 41.4 Å². The maximum atomic E-state index is 13.3. The van der Waals surface area contributed by atoms with Gasteiger partial charge in [-0.15, -0.1) is 0 Å². The van der Waals surface area contributed by atoms with Crippen LogP contribution in [0.2, 0.25) is 0 Å². The van der Waals surface area contributed by atoms with Gasteiger partial charge in [0.25, 0.3) is 0 Å². The van der Waals surface area contributed by atoms with Crippen molar-refractivity contribution < 1.29 is 19.1 Å². The molecule has 1 aromatic carbocycles. The number of likely N-dealkylation sites (tertiary alicyclic amines) is 1. The van der Waals surface area contributed by atoms with Crippen LogP contribution < -0.4 is 10.1 Å². The van der Waals surface area contributed by atoms with Gasteiger partial charge in [-0.25, -0.2) is 0 Å². The van der Waals surface area contributed by atoms with Crippen molar-refractivity contribution in [3.05, 3.63) is 36.4 Å². The highest BCUT2D eigenvalue weighted by Crippen LogP contribution is 2.65. The van der Waals surface area contributed by atoms with Crippen LogP contribution in [0.5, 0.6) is 5.75 Å². The summed E-state index contributed by atoms with van der Waals surface area (Å²) in [5.41, 5.74) is 0.760. The van der Waals surface area contributed by atoms with Gasteiger partial charge in [0.15, 0.2) is 0 Å². The second-order valence-corrected chi connectivity index (χ2v) is 10.2. The summed E-state index contributed by atoms with van der Waals surface area (Å²) in [4.78, 5) is 41.0. The number of ether oxygens (including phenoxy) is 1. The highest BCUT2D eigenvalue weighted by atomic mass is 16.5. The summed E-state index contributed by atoms with van der Waals surface area (Å²) in [6.07, 6.45) is 8.46. The predicted molar refractivity (Wildman–Crippen MR) is 119 cm³/mol. The molecular weight excluding hydrogens is 404 g/mol. The van der Waals surface area contributed by atoms with Crippen LogP contribution in [0.4, 0.5) is 5.69 Å². The van der Waals surface area contributed by atoms with E-state index in [2.05, 4.69) is 17.5 Å². The van der Waals surface area contributed by atoms with Crippen molar-refractivity contribution in [2.45, 2.75) is 45.1 Å². The summed E-state index contributed by atoms with van der Waals surface area (Å²) in [6, 6.07) is 7.36. The van der Waals surface area contributed by atoms with Gasteiger partial charge >= 0.3 is 0 Å². The van der Waals surface area contributed by atoms with Gasteiger partial charge in [0.2, 0.25) is 17.7 Å². The Labute approximate surface area is 188 Å². The van der Waals surface area contributed by atoms with E-state index in [1.165, 1.54) is 6.42 Å². The van der Waals surface area contributed by atoms with Crippen LogP contribution in [-0.2, 0) is 14.4 Å². The Morgan fingerprint density at radius 2 is 1.56 bits per heavy atom. The molecule has 2 bridgehead atoms. The van der Waals surface area contributed by atoms with Crippen LogP contribution in [0.1, 0.15) is 39.0 Å². The van der Waals surface area contributed by atoms with Gasteiger partial charge in [0, 0.05) is 17.6 Å². The molecule has 1 heterocycles. The Kier molecular flexibility index (Phi) is 4.67. The fraction of sp³-hybridized carbons (Fsp3) is 0.577. The Balaban J connectivity index is 1.07. The van der Waals surface area contributed by atoms with Gasteiger partial charge in [-0.05, 0) is 87.0 Å². The second kappa shape index (κ2) is 7.46. The van der Waals surface area contributed by atoms with E-state index < -0.39 is 0 Å². The molecule has 1 aromatic rings. The number of benzene rings is 1. The molecule has 6 nitrogen and oxygen atoms in total. The SMILES string of the molecule is CCOc1ccc(NC(=O)C2CCC(N3C(=O)[C@@H]4[C@H]5C=C[C@@H]([C@@H]6C[C@@H]56)[C@@H]4C3=O)CC2)cc1. The molecular formula is C26H30N2O4. The number of nitrogens with one attached hydrogen (secondary N) is 1. The van der Waals surface area contributed by atoms with E-state index in [9.17, 15) is 14.4 Å². The third-order valence-electron chi connectivity index (χ3n) is 8.56. The molecule has 168 valence electrons. The van der Waals surface area contributed by atoms with Crippen molar-refractivity contribution in [1.29, 1.82) is 0 Å². The molecule has 6 atom stereocenters. The number of imide groups is 1. The first-order valence-corrected chi connectivity index (χ1v) is 12.2. The molecule has 0 unspecified atom stereocenters. The lowest BCUT2D eigenvalue weighted by Gasteiger charge is -2.37. The quantitative estimate of drug-likeness (QED) is 0.567. The molecule has 4 fully saturated rings. The highest BCUT2D eigenvalue weighted by molar-refractivity contribution is 6.06. The third kappa shape index (κ3) is 3.02. The van der Waals surface area contributed by atoms with Crippen molar-refractivity contribution >= 4 is 23.4 Å². The van der Waals surface area contributed by atoms with E-state index in [1.807, 2.05) is 31.2 Å². The average molecular weight is 435 g/mol. The van der Waals surface area contributed by atoms with Crippen molar-refractivity contribution in [2.75, 3.05) is 11.9 Å². The molecule has 3 amide bonds. The van der Waals surface area contributed by atoms with Crippen LogP contribution >= 0.6 is 0 Å². The summed E-state index contributed by atoms with van der Waals surface area (Å²) < 4.78 is 5.44. The van der Waals surface area contributed by atoms with E-state index >= 15 is 0 Å². The average Bonchev–Trinajstić information content (AvgIpc) is 3.59. The van der Waals surface area contributed by atoms with Gasteiger partial charge in [0.1, 0.15) is 5.75 Å². The minimum atomic E-state index is -0.123. The van der Waals surface area contributed by atoms with E-state index in [0.29, 0.717) is 44.1 Å². The Morgan fingerprint density at radius 3 is 2.12 bits per heavy atom. The zero-order valence-electron chi connectivity index (χ0n) is 18.4. The van der Waals surface area contributed by atoms with Crippen molar-refractivity contribution in [3.63, 3.8) is 0 Å². The maximum Gasteiger partial charge on any atom is 0.233 e. The Bertz CT molecular complexity index is 942. The fourth-order valence-electron chi connectivity index (χ4n) is 6.98. The molecule has 7 rings (SSSR count). The monoisotopic (exact) mass is 434 g/mol. The summed E-state index contributed by atoms with van der Waals surface area (Å²) in [5, 5.41) is 3.00. The minimum Gasteiger partial charge on any atom is -0.494 e. The summed E-state index contributed by atoms with van der Waals surface area (Å²) >= 11 is 0. The molecule has 0 radical (unpaired) electrons. The Morgan fingerprint density at radius 1 is 0.969 bits per heavy atom. The summed E-state index contributed by atoms with van der Waals surface area (Å²) in [7, 11) is 0. The van der Waals surface area contributed by atoms with Gasteiger partial charge in [-0.1, -0.05) is 12.2 Å². The number of amides is 3. The molecule has 0 spiro atoms. The number of rotatable bonds is 5. The van der Waals surface area contributed by atoms with E-state index in [4.69, 9.17) is 4.74 Å². The molecule has 5 aliphatic carbocycles. The summed E-state index contributed by atoms with van der Waals surface area (Å²) in [6.45, 7) is 2.55. The van der Waals surface area contributed by atoms with E-state index in [0.717, 1.165) is 11.4 Å². The zero-order chi connectivity index (χ0) is 22.0. The number of allylic oxidation sites excluding steroid dienone is 2. The maximum absolute atomic E-state index is 13.3. The van der Waals surface area contributed by atoms with Gasteiger partial charge in [-0.2, -0.15) is 0 Å². The number of hydrogen-bond donors (Lipinski definition) is 1. The van der Waals surface area contributed by atoms with Crippen molar-refractivity contribution in [1.82, 2.24) is 4.90 Å². The van der Waals surface area contributed by atoms with E-state index in [-0.39, 0.29) is 53.4 Å². The van der Waals surface area contributed by atoms with Crippen LogP contribution in [-0.4, -0.2) is 35.3 Å². The first-order valence-electron chi connectivity index (χ1n) is 12.2. The smallest absolute Gasteiger partial charge is 0.233 e. The standard InChI is InChI=1S/C26H30N2O4/c1-2-32-17-9-5-15(6-10-17)27-24(29)14-3-7-16(8-4-14)28-25(30)22-18-11-12-19(21-13-20(18)21)23(22)26(28)31/h5-6,9-12,14,16,18-23H,2-4,7-8,13H2,1H3,(H,27,29)/t14?,16?,18-,19-,20-,21-,22-,23+/m0/s1. The van der Waals surface area contributed by atoms with Crippen molar-refractivity contribution in [2.24, 2.45) is 41.4 Å². The lowest BCUT2D eigenvalue weighted by molar-refractivity contribution is -0.144. The normalized spacial score (nSPS) is 39.0. The number of anilines is 1. The molecule has 0 aromatic heterocycles. The zero-order valence-corrected chi connectivity index (χ0v) is 18.4. The first kappa shape index (κ1) is 20.0. The predicted octanol–water partition coefficient (Wildman–Crippen LogP) is 3.64. The van der Waals surface area contributed by atoms with Gasteiger partial charge < -0.3 is 10.1 Å². The summed E-state index contributed by atoms with van der Waals surface area (Å²) in [5.74, 6) is 2.40. The number of carbonyl (C=O) groups excluding carboxylic acids is 3. The van der Waals surface area contributed by atoms with Gasteiger partial charge in [-0.3, -0.25) is 19.3 Å². The molecule has 1 saturated heterocycles. The number of nitrogens with zero attached hydrogens (tertiary/aromatic N) is 1. The number of hydrogen-bond acceptors (Lipinski definition) is 4. The van der Waals surface area contributed by atoms with Gasteiger partial charge in [0.05, 0.1) is 18.4 Å². The topological polar surface area (TPSA) is 75.7 Å². The first-order chi connectivity index (χ1) is 15.6. The lowest BCUT2D eigenvalue weighted by atomic mass is 9.63. The molecule has 3 saturated carbocycles. The molecule has 6 aliphatic rings. The molecule has 1 aliphatic heterocycles. The van der Waals surface area contributed by atoms with Crippen LogP contribution in [0.3, 0.4) is 0 Å². The molecule has 32 heavy (non-hydrogen) atoms. The lowest BCUT2D eigenvalue weighted by Crippen LogP contribution is -2.44. The fourth-order valence-corrected chi connectivity index (χ4v) is 6.98. The molecule has 6 heteroatoms. The minimum absolute atomic E-state index is 0.0164. The van der Waals surface area contributed by atoms with E-state index in [1.54, 1.807) is 4.90 Å². The van der Waals surface area contributed by atoms with Crippen LogP contribution in [0.15, 0.2) is 36.4 Å². The molecule has 1 N–H and O–H groups in total. The second-order valence-electron chi connectivity index (χ2n) is 10.2. The third-order valence-corrected chi connectivity index (χ3v) is 8.56. The Hall–Kier alpha value is -2.63.